The summed E-state index contributed by atoms with van der Waals surface area (Å²) in [5.41, 5.74) is 1.69. The van der Waals surface area contributed by atoms with Gasteiger partial charge in [-0.05, 0) is 44.6 Å². The maximum absolute atomic E-state index is 12.1. The number of carbonyl (C=O) groups is 1. The normalized spacial score (nSPS) is 16.7. The van der Waals surface area contributed by atoms with E-state index in [-0.39, 0.29) is 11.4 Å². The highest BCUT2D eigenvalue weighted by Gasteiger charge is 2.35. The summed E-state index contributed by atoms with van der Waals surface area (Å²) in [5, 5.41) is 11.8. The summed E-state index contributed by atoms with van der Waals surface area (Å²) in [4.78, 5) is 14.3. The summed E-state index contributed by atoms with van der Waals surface area (Å²) in [6.07, 6.45) is 5.15. The van der Waals surface area contributed by atoms with Gasteiger partial charge >= 0.3 is 0 Å². The van der Waals surface area contributed by atoms with Crippen molar-refractivity contribution in [2.75, 3.05) is 20.6 Å². The highest BCUT2D eigenvalue weighted by molar-refractivity contribution is 5.78. The number of nitriles is 1. The molecule has 0 aromatic heterocycles. The molecule has 0 spiro atoms. The largest absolute Gasteiger partial charge is 0.354 e. The lowest BCUT2D eigenvalue weighted by Gasteiger charge is -2.36. The van der Waals surface area contributed by atoms with Crippen LogP contribution in [0.1, 0.15) is 36.8 Å². The molecule has 0 radical (unpaired) electrons. The third kappa shape index (κ3) is 3.83. The number of carbonyl (C=O) groups excluding carboxylic acids is 1. The molecule has 0 heterocycles. The van der Waals surface area contributed by atoms with Gasteiger partial charge in [0.15, 0.2) is 0 Å². The Bertz CT molecular complexity index is 522. The Morgan fingerprint density at radius 2 is 1.90 bits per heavy atom. The molecule has 21 heavy (non-hydrogen) atoms. The highest BCUT2D eigenvalue weighted by atomic mass is 16.1. The van der Waals surface area contributed by atoms with Gasteiger partial charge in [0.25, 0.3) is 0 Å². The lowest BCUT2D eigenvalue weighted by Crippen LogP contribution is -2.51. The minimum absolute atomic E-state index is 0.0489. The number of amides is 1. The van der Waals surface area contributed by atoms with Gasteiger partial charge in [-0.15, -0.1) is 0 Å². The highest BCUT2D eigenvalue weighted by Crippen LogP contribution is 2.33. The molecule has 4 nitrogen and oxygen atoms in total. The zero-order valence-electron chi connectivity index (χ0n) is 12.9. The van der Waals surface area contributed by atoms with E-state index in [0.717, 1.165) is 24.9 Å². The monoisotopic (exact) mass is 285 g/mol. The molecule has 4 heteroatoms. The Balaban J connectivity index is 1.88. The second-order valence-electron chi connectivity index (χ2n) is 6.09. The number of benzene rings is 1. The smallest absolute Gasteiger partial charge is 0.224 e. The van der Waals surface area contributed by atoms with Gasteiger partial charge in [0.05, 0.1) is 18.1 Å². The zero-order chi connectivity index (χ0) is 15.3. The van der Waals surface area contributed by atoms with E-state index in [1.54, 1.807) is 12.1 Å². The summed E-state index contributed by atoms with van der Waals surface area (Å²) in [7, 11) is 4.19. The quantitative estimate of drug-likeness (QED) is 0.901. The fraction of sp³-hybridized carbons (Fsp3) is 0.529. The Morgan fingerprint density at radius 3 is 2.43 bits per heavy atom. The lowest BCUT2D eigenvalue weighted by atomic mass is 9.96. The van der Waals surface area contributed by atoms with Gasteiger partial charge in [0.1, 0.15) is 0 Å². The van der Waals surface area contributed by atoms with E-state index in [0.29, 0.717) is 12.0 Å². The molecule has 1 aromatic carbocycles. The van der Waals surface area contributed by atoms with E-state index in [1.807, 2.05) is 12.1 Å². The SMILES string of the molecule is CN(C)C1(CNC(=O)Cc2ccc(C#N)cc2)CCCC1. The van der Waals surface area contributed by atoms with Crippen LogP contribution >= 0.6 is 0 Å². The topological polar surface area (TPSA) is 56.1 Å². The van der Waals surface area contributed by atoms with Crippen LogP contribution in [0.15, 0.2) is 24.3 Å². The molecular weight excluding hydrogens is 262 g/mol. The first-order valence-corrected chi connectivity index (χ1v) is 7.49. The zero-order valence-corrected chi connectivity index (χ0v) is 12.9. The first-order valence-electron chi connectivity index (χ1n) is 7.49. The first kappa shape index (κ1) is 15.5. The molecule has 112 valence electrons. The Labute approximate surface area is 126 Å². The maximum Gasteiger partial charge on any atom is 0.224 e. The molecule has 1 N–H and O–H groups in total. The number of hydrogen-bond acceptors (Lipinski definition) is 3. The average molecular weight is 285 g/mol. The molecule has 0 bridgehead atoms. The summed E-state index contributed by atoms with van der Waals surface area (Å²) >= 11 is 0. The van der Waals surface area contributed by atoms with Crippen molar-refractivity contribution < 1.29 is 4.79 Å². The third-order valence-electron chi connectivity index (χ3n) is 4.55. The molecule has 0 unspecified atom stereocenters. The van der Waals surface area contributed by atoms with Crippen LogP contribution in [-0.4, -0.2) is 37.0 Å². The lowest BCUT2D eigenvalue weighted by molar-refractivity contribution is -0.121. The summed E-state index contributed by atoms with van der Waals surface area (Å²) in [6.45, 7) is 0.717. The van der Waals surface area contributed by atoms with Crippen molar-refractivity contribution in [3.05, 3.63) is 35.4 Å². The molecule has 1 fully saturated rings. The van der Waals surface area contributed by atoms with Crippen molar-refractivity contribution in [3.63, 3.8) is 0 Å². The standard InChI is InChI=1S/C17H23N3O/c1-20(2)17(9-3-4-10-17)13-19-16(21)11-14-5-7-15(12-18)8-6-14/h5-8H,3-4,9-11,13H2,1-2H3,(H,19,21). The Morgan fingerprint density at radius 1 is 1.29 bits per heavy atom. The van der Waals surface area contributed by atoms with Crippen LogP contribution in [0.25, 0.3) is 0 Å². The first-order chi connectivity index (χ1) is 10.1. The fourth-order valence-corrected chi connectivity index (χ4v) is 3.02. The van der Waals surface area contributed by atoms with E-state index in [2.05, 4.69) is 30.4 Å². The third-order valence-corrected chi connectivity index (χ3v) is 4.55. The van der Waals surface area contributed by atoms with Crippen LogP contribution in [-0.2, 0) is 11.2 Å². The van der Waals surface area contributed by atoms with Crippen LogP contribution in [0.3, 0.4) is 0 Å². The van der Waals surface area contributed by atoms with Gasteiger partial charge in [0.2, 0.25) is 5.91 Å². The van der Waals surface area contributed by atoms with Crippen molar-refractivity contribution in [1.29, 1.82) is 5.26 Å². The number of nitrogens with one attached hydrogen (secondary N) is 1. The molecule has 0 atom stereocenters. The van der Waals surface area contributed by atoms with Crippen LogP contribution < -0.4 is 5.32 Å². The molecular formula is C17H23N3O. The average Bonchev–Trinajstić information content (AvgIpc) is 2.96. The fourth-order valence-electron chi connectivity index (χ4n) is 3.02. The molecule has 1 aliphatic carbocycles. The number of hydrogen-bond donors (Lipinski definition) is 1. The predicted octanol–water partition coefficient (Wildman–Crippen LogP) is 2.09. The molecule has 1 amide bonds. The van der Waals surface area contributed by atoms with Crippen molar-refractivity contribution in [3.8, 4) is 6.07 Å². The van der Waals surface area contributed by atoms with E-state index >= 15 is 0 Å². The van der Waals surface area contributed by atoms with Gasteiger partial charge in [-0.25, -0.2) is 0 Å². The van der Waals surface area contributed by atoms with E-state index in [9.17, 15) is 4.79 Å². The number of nitrogens with zero attached hydrogens (tertiary/aromatic N) is 2. The molecule has 0 aliphatic heterocycles. The van der Waals surface area contributed by atoms with Gasteiger partial charge in [-0.1, -0.05) is 25.0 Å². The van der Waals surface area contributed by atoms with Crippen molar-refractivity contribution in [2.24, 2.45) is 0 Å². The van der Waals surface area contributed by atoms with Gasteiger partial charge in [-0.3, -0.25) is 4.79 Å². The number of rotatable bonds is 5. The molecule has 1 aromatic rings. The second-order valence-corrected chi connectivity index (χ2v) is 6.09. The number of likely N-dealkylation sites (N-methyl/N-ethyl adjacent to an activating group) is 1. The maximum atomic E-state index is 12.1. The van der Waals surface area contributed by atoms with Crippen molar-refractivity contribution in [2.45, 2.75) is 37.6 Å². The summed E-state index contributed by atoms with van der Waals surface area (Å²) < 4.78 is 0. The van der Waals surface area contributed by atoms with Crippen molar-refractivity contribution in [1.82, 2.24) is 10.2 Å². The van der Waals surface area contributed by atoms with Crippen LogP contribution in [0.5, 0.6) is 0 Å². The van der Waals surface area contributed by atoms with Gasteiger partial charge in [0, 0.05) is 12.1 Å². The minimum atomic E-state index is 0.0489. The Hall–Kier alpha value is -1.86. The molecule has 1 saturated carbocycles. The minimum Gasteiger partial charge on any atom is -0.354 e. The van der Waals surface area contributed by atoms with E-state index < -0.39 is 0 Å². The van der Waals surface area contributed by atoms with E-state index in [4.69, 9.17) is 5.26 Å². The molecule has 2 rings (SSSR count). The Kier molecular flexibility index (Phi) is 4.98. The summed E-state index contributed by atoms with van der Waals surface area (Å²) in [5.74, 6) is 0.0489. The van der Waals surface area contributed by atoms with Crippen LogP contribution in [0, 0.1) is 11.3 Å². The van der Waals surface area contributed by atoms with Gasteiger partial charge < -0.3 is 10.2 Å². The molecule has 1 aliphatic rings. The summed E-state index contributed by atoms with van der Waals surface area (Å²) in [6, 6.07) is 9.27. The molecule has 0 saturated heterocycles. The second kappa shape index (κ2) is 6.73. The van der Waals surface area contributed by atoms with E-state index in [1.165, 1.54) is 12.8 Å². The van der Waals surface area contributed by atoms with Crippen LogP contribution in [0.4, 0.5) is 0 Å². The van der Waals surface area contributed by atoms with Crippen molar-refractivity contribution >= 4 is 5.91 Å². The van der Waals surface area contributed by atoms with Gasteiger partial charge in [-0.2, -0.15) is 5.26 Å². The van der Waals surface area contributed by atoms with Crippen LogP contribution in [0.2, 0.25) is 0 Å². The predicted molar refractivity (Wildman–Crippen MR) is 82.8 cm³/mol.